The maximum atomic E-state index is 12.1. The number of unbranched alkanes of at least 4 members (excludes halogenated alkanes) is 2. The fourth-order valence-corrected chi connectivity index (χ4v) is 2.30. The maximum absolute atomic E-state index is 12.1. The van der Waals surface area contributed by atoms with Crippen molar-refractivity contribution in [3.05, 3.63) is 0 Å². The van der Waals surface area contributed by atoms with E-state index in [1.54, 1.807) is 16.8 Å². The number of likely N-dealkylation sites (tertiary alicyclic amines) is 1. The van der Waals surface area contributed by atoms with Crippen LogP contribution in [0.2, 0.25) is 0 Å². The van der Waals surface area contributed by atoms with Crippen LogP contribution in [0.15, 0.2) is 0 Å². The summed E-state index contributed by atoms with van der Waals surface area (Å²) in [5, 5.41) is 8.68. The Morgan fingerprint density at radius 2 is 2.17 bits per heavy atom. The van der Waals surface area contributed by atoms with Gasteiger partial charge in [0, 0.05) is 39.7 Å². The Morgan fingerprint density at radius 3 is 2.72 bits per heavy atom. The molecule has 1 aliphatic rings. The predicted octanol–water partition coefficient (Wildman–Crippen LogP) is 0.476. The SMILES string of the molecule is CCN1CC(C(=O)N(C)CCCCCO)CC1=O. The van der Waals surface area contributed by atoms with Gasteiger partial charge < -0.3 is 14.9 Å². The van der Waals surface area contributed by atoms with E-state index in [0.29, 0.717) is 26.1 Å². The number of hydrogen-bond donors (Lipinski definition) is 1. The molecule has 1 saturated heterocycles. The molecule has 18 heavy (non-hydrogen) atoms. The Kier molecular flexibility index (Phi) is 6.12. The van der Waals surface area contributed by atoms with Crippen molar-refractivity contribution in [1.29, 1.82) is 0 Å². The van der Waals surface area contributed by atoms with Crippen molar-refractivity contribution in [3.8, 4) is 0 Å². The lowest BCUT2D eigenvalue weighted by Gasteiger charge is -2.21. The number of rotatable bonds is 7. The third kappa shape index (κ3) is 3.98. The molecule has 0 aromatic heterocycles. The Labute approximate surface area is 109 Å². The summed E-state index contributed by atoms with van der Waals surface area (Å²) in [5.41, 5.74) is 0. The molecule has 0 saturated carbocycles. The van der Waals surface area contributed by atoms with Gasteiger partial charge in [-0.05, 0) is 26.2 Å². The predicted molar refractivity (Wildman–Crippen MR) is 68.9 cm³/mol. The molecule has 104 valence electrons. The number of amides is 2. The summed E-state index contributed by atoms with van der Waals surface area (Å²) in [6, 6.07) is 0. The Balaban J connectivity index is 2.33. The van der Waals surface area contributed by atoms with Crippen LogP contribution in [-0.4, -0.2) is 60.0 Å². The highest BCUT2D eigenvalue weighted by Crippen LogP contribution is 2.19. The van der Waals surface area contributed by atoms with Crippen molar-refractivity contribution in [2.24, 2.45) is 5.92 Å². The highest BCUT2D eigenvalue weighted by Gasteiger charge is 2.34. The van der Waals surface area contributed by atoms with Crippen molar-refractivity contribution in [1.82, 2.24) is 9.80 Å². The number of carbonyl (C=O) groups is 2. The van der Waals surface area contributed by atoms with E-state index in [-0.39, 0.29) is 24.3 Å². The Hall–Kier alpha value is -1.10. The first kappa shape index (κ1) is 15.0. The average Bonchev–Trinajstić information content (AvgIpc) is 2.74. The molecule has 1 aliphatic heterocycles. The first-order valence-electron chi connectivity index (χ1n) is 6.73. The van der Waals surface area contributed by atoms with E-state index >= 15 is 0 Å². The fraction of sp³-hybridized carbons (Fsp3) is 0.846. The van der Waals surface area contributed by atoms with Gasteiger partial charge in [-0.1, -0.05) is 0 Å². The van der Waals surface area contributed by atoms with E-state index in [9.17, 15) is 9.59 Å². The van der Waals surface area contributed by atoms with E-state index in [1.165, 1.54) is 0 Å². The Bertz CT molecular complexity index is 294. The van der Waals surface area contributed by atoms with Gasteiger partial charge in [0.25, 0.3) is 0 Å². The second-order valence-corrected chi connectivity index (χ2v) is 4.88. The molecule has 2 amide bonds. The highest BCUT2D eigenvalue weighted by atomic mass is 16.3. The minimum absolute atomic E-state index is 0.0725. The number of nitrogens with zero attached hydrogens (tertiary/aromatic N) is 2. The lowest BCUT2D eigenvalue weighted by molar-refractivity contribution is -0.134. The number of carbonyl (C=O) groups excluding carboxylic acids is 2. The largest absolute Gasteiger partial charge is 0.396 e. The van der Waals surface area contributed by atoms with Gasteiger partial charge in [0.15, 0.2) is 0 Å². The molecular weight excluding hydrogens is 232 g/mol. The quantitative estimate of drug-likeness (QED) is 0.674. The summed E-state index contributed by atoms with van der Waals surface area (Å²) in [6.45, 7) is 4.09. The minimum atomic E-state index is -0.166. The van der Waals surface area contributed by atoms with Crippen LogP contribution in [0.5, 0.6) is 0 Å². The molecule has 1 fully saturated rings. The zero-order valence-electron chi connectivity index (χ0n) is 11.4. The van der Waals surface area contributed by atoms with Crippen LogP contribution in [0.1, 0.15) is 32.6 Å². The maximum Gasteiger partial charge on any atom is 0.227 e. The molecule has 0 aromatic carbocycles. The van der Waals surface area contributed by atoms with E-state index in [0.717, 1.165) is 19.3 Å². The second kappa shape index (κ2) is 7.36. The van der Waals surface area contributed by atoms with Crippen molar-refractivity contribution in [2.75, 3.05) is 33.3 Å². The van der Waals surface area contributed by atoms with Crippen LogP contribution in [0.3, 0.4) is 0 Å². The van der Waals surface area contributed by atoms with Crippen LogP contribution in [0.25, 0.3) is 0 Å². The average molecular weight is 256 g/mol. The number of hydrogen-bond acceptors (Lipinski definition) is 3. The molecule has 5 nitrogen and oxygen atoms in total. The van der Waals surface area contributed by atoms with Gasteiger partial charge in [0.1, 0.15) is 0 Å². The van der Waals surface area contributed by atoms with Crippen LogP contribution >= 0.6 is 0 Å². The molecular formula is C13H24N2O3. The van der Waals surface area contributed by atoms with Gasteiger partial charge in [0.05, 0.1) is 5.92 Å². The van der Waals surface area contributed by atoms with E-state index in [1.807, 2.05) is 6.92 Å². The zero-order chi connectivity index (χ0) is 13.5. The molecule has 0 aromatic rings. The molecule has 0 radical (unpaired) electrons. The van der Waals surface area contributed by atoms with E-state index in [2.05, 4.69) is 0 Å². The molecule has 1 atom stereocenters. The van der Waals surface area contributed by atoms with E-state index < -0.39 is 0 Å². The topological polar surface area (TPSA) is 60.9 Å². The third-order valence-electron chi connectivity index (χ3n) is 3.47. The van der Waals surface area contributed by atoms with Crippen LogP contribution < -0.4 is 0 Å². The first-order valence-corrected chi connectivity index (χ1v) is 6.73. The summed E-state index contributed by atoms with van der Waals surface area (Å²) in [5.74, 6) is -0.00637. The summed E-state index contributed by atoms with van der Waals surface area (Å²) < 4.78 is 0. The van der Waals surface area contributed by atoms with Crippen LogP contribution in [0.4, 0.5) is 0 Å². The molecule has 0 bridgehead atoms. The lowest BCUT2D eigenvalue weighted by atomic mass is 10.1. The molecule has 0 aliphatic carbocycles. The summed E-state index contributed by atoms with van der Waals surface area (Å²) in [4.78, 5) is 27.1. The summed E-state index contributed by atoms with van der Waals surface area (Å²) >= 11 is 0. The number of aliphatic hydroxyl groups excluding tert-OH is 1. The van der Waals surface area contributed by atoms with Gasteiger partial charge in [-0.3, -0.25) is 9.59 Å². The van der Waals surface area contributed by atoms with Crippen LogP contribution in [-0.2, 0) is 9.59 Å². The monoisotopic (exact) mass is 256 g/mol. The normalized spacial score (nSPS) is 19.4. The number of aliphatic hydroxyl groups is 1. The lowest BCUT2D eigenvalue weighted by Crippen LogP contribution is -2.35. The smallest absolute Gasteiger partial charge is 0.227 e. The van der Waals surface area contributed by atoms with Crippen molar-refractivity contribution >= 4 is 11.8 Å². The summed E-state index contributed by atoms with van der Waals surface area (Å²) in [6.07, 6.45) is 2.97. The van der Waals surface area contributed by atoms with Crippen molar-refractivity contribution < 1.29 is 14.7 Å². The molecule has 1 N–H and O–H groups in total. The van der Waals surface area contributed by atoms with Gasteiger partial charge in [0.2, 0.25) is 11.8 Å². The van der Waals surface area contributed by atoms with Gasteiger partial charge in [-0.15, -0.1) is 0 Å². The third-order valence-corrected chi connectivity index (χ3v) is 3.47. The van der Waals surface area contributed by atoms with Crippen LogP contribution in [0, 0.1) is 5.92 Å². The molecule has 1 heterocycles. The van der Waals surface area contributed by atoms with Gasteiger partial charge in [-0.2, -0.15) is 0 Å². The first-order chi connectivity index (χ1) is 8.60. The molecule has 0 spiro atoms. The molecule has 1 unspecified atom stereocenters. The van der Waals surface area contributed by atoms with Crippen molar-refractivity contribution in [3.63, 3.8) is 0 Å². The second-order valence-electron chi connectivity index (χ2n) is 4.88. The van der Waals surface area contributed by atoms with Gasteiger partial charge >= 0.3 is 0 Å². The standard InChI is InChI=1S/C13H24N2O3/c1-3-15-10-11(9-12(15)17)13(18)14(2)7-5-4-6-8-16/h11,16H,3-10H2,1-2H3. The minimum Gasteiger partial charge on any atom is -0.396 e. The van der Waals surface area contributed by atoms with Crippen molar-refractivity contribution in [2.45, 2.75) is 32.6 Å². The molecule has 1 rings (SSSR count). The summed E-state index contributed by atoms with van der Waals surface area (Å²) in [7, 11) is 1.79. The fourth-order valence-electron chi connectivity index (χ4n) is 2.30. The highest BCUT2D eigenvalue weighted by molar-refractivity contribution is 5.89. The molecule has 5 heteroatoms. The zero-order valence-corrected chi connectivity index (χ0v) is 11.4. The van der Waals surface area contributed by atoms with E-state index in [4.69, 9.17) is 5.11 Å². The van der Waals surface area contributed by atoms with Gasteiger partial charge in [-0.25, -0.2) is 0 Å². The Morgan fingerprint density at radius 1 is 1.44 bits per heavy atom.